The maximum Gasteiger partial charge on any atom is 0.412 e. The summed E-state index contributed by atoms with van der Waals surface area (Å²) < 4.78 is 19.2. The Labute approximate surface area is 137 Å². The van der Waals surface area contributed by atoms with E-state index in [0.717, 1.165) is 19.3 Å². The van der Waals surface area contributed by atoms with Crippen LogP contribution in [-0.4, -0.2) is 17.7 Å². The zero-order chi connectivity index (χ0) is 17.0. The van der Waals surface area contributed by atoms with Gasteiger partial charge in [0.2, 0.25) is 0 Å². The molecule has 0 aliphatic heterocycles. The van der Waals surface area contributed by atoms with Gasteiger partial charge in [0.1, 0.15) is 11.4 Å². The van der Waals surface area contributed by atoms with E-state index in [1.165, 1.54) is 18.6 Å². The summed E-state index contributed by atoms with van der Waals surface area (Å²) in [7, 11) is 0. The highest BCUT2D eigenvalue weighted by atomic mass is 19.1. The lowest BCUT2D eigenvalue weighted by Crippen LogP contribution is -2.28. The van der Waals surface area contributed by atoms with Crippen molar-refractivity contribution >= 4 is 17.5 Å². The SMILES string of the molecule is CC1CCCC(Nc2cc(NC(=O)OC(C)(C)C)ccc2F)C1. The number of anilines is 2. The summed E-state index contributed by atoms with van der Waals surface area (Å²) in [6, 6.07) is 4.80. The minimum Gasteiger partial charge on any atom is -0.444 e. The second-order valence-corrected chi connectivity index (χ2v) is 7.43. The van der Waals surface area contributed by atoms with Crippen molar-refractivity contribution < 1.29 is 13.9 Å². The number of ether oxygens (including phenoxy) is 1. The molecule has 1 saturated carbocycles. The van der Waals surface area contributed by atoms with Crippen LogP contribution in [0.25, 0.3) is 0 Å². The Balaban J connectivity index is 2.02. The zero-order valence-electron chi connectivity index (χ0n) is 14.4. The first-order chi connectivity index (χ1) is 10.7. The van der Waals surface area contributed by atoms with Crippen LogP contribution >= 0.6 is 0 Å². The lowest BCUT2D eigenvalue weighted by molar-refractivity contribution is 0.0636. The summed E-state index contributed by atoms with van der Waals surface area (Å²) in [6.07, 6.45) is 3.95. The molecule has 0 heterocycles. The molecular weight excluding hydrogens is 295 g/mol. The molecule has 1 aromatic rings. The third-order valence-electron chi connectivity index (χ3n) is 3.91. The first kappa shape index (κ1) is 17.6. The van der Waals surface area contributed by atoms with Gasteiger partial charge in [-0.15, -0.1) is 0 Å². The number of rotatable bonds is 3. The van der Waals surface area contributed by atoms with Crippen molar-refractivity contribution in [3.8, 4) is 0 Å². The minimum absolute atomic E-state index is 0.282. The third-order valence-corrected chi connectivity index (χ3v) is 3.91. The second kappa shape index (κ2) is 7.20. The van der Waals surface area contributed by atoms with Gasteiger partial charge in [-0.1, -0.05) is 19.8 Å². The maximum absolute atomic E-state index is 14.0. The normalized spacial score (nSPS) is 21.6. The van der Waals surface area contributed by atoms with E-state index >= 15 is 0 Å². The summed E-state index contributed by atoms with van der Waals surface area (Å²) in [6.45, 7) is 7.63. The van der Waals surface area contributed by atoms with Crippen molar-refractivity contribution in [1.82, 2.24) is 0 Å². The fourth-order valence-electron chi connectivity index (χ4n) is 2.92. The van der Waals surface area contributed by atoms with Crippen LogP contribution < -0.4 is 10.6 Å². The maximum atomic E-state index is 14.0. The second-order valence-electron chi connectivity index (χ2n) is 7.43. The lowest BCUT2D eigenvalue weighted by atomic mass is 9.87. The van der Waals surface area contributed by atoms with Gasteiger partial charge in [0.05, 0.1) is 5.69 Å². The number of halogens is 1. The molecule has 2 N–H and O–H groups in total. The number of nitrogens with one attached hydrogen (secondary N) is 2. The Kier molecular flexibility index (Phi) is 5.50. The van der Waals surface area contributed by atoms with Gasteiger partial charge < -0.3 is 10.1 Å². The van der Waals surface area contributed by atoms with Crippen LogP contribution in [0.3, 0.4) is 0 Å². The molecule has 0 aromatic heterocycles. The molecule has 0 saturated heterocycles. The number of benzene rings is 1. The highest BCUT2D eigenvalue weighted by Gasteiger charge is 2.20. The smallest absolute Gasteiger partial charge is 0.412 e. The molecule has 1 fully saturated rings. The van der Waals surface area contributed by atoms with Crippen LogP contribution in [0.2, 0.25) is 0 Å². The van der Waals surface area contributed by atoms with Crippen LogP contribution in [0.5, 0.6) is 0 Å². The van der Waals surface area contributed by atoms with E-state index in [0.29, 0.717) is 17.3 Å². The molecular formula is C18H27FN2O2. The Bertz CT molecular complexity index is 554. The molecule has 2 unspecified atom stereocenters. The van der Waals surface area contributed by atoms with E-state index in [1.54, 1.807) is 26.8 Å². The van der Waals surface area contributed by atoms with Gasteiger partial charge in [0.25, 0.3) is 0 Å². The number of hydrogen-bond donors (Lipinski definition) is 2. The fourth-order valence-corrected chi connectivity index (χ4v) is 2.92. The molecule has 2 atom stereocenters. The monoisotopic (exact) mass is 322 g/mol. The van der Waals surface area contributed by atoms with Crippen LogP contribution in [0, 0.1) is 11.7 Å². The standard InChI is InChI=1S/C18H27FN2O2/c1-12-6-5-7-13(10-12)20-16-11-14(8-9-15(16)19)21-17(22)23-18(2,3)4/h8-9,11-13,20H,5-7,10H2,1-4H3,(H,21,22). The summed E-state index contributed by atoms with van der Waals surface area (Å²) in [5.41, 5.74) is 0.383. The Hall–Kier alpha value is -1.78. The Morgan fingerprint density at radius 1 is 1.30 bits per heavy atom. The van der Waals surface area contributed by atoms with Gasteiger partial charge in [-0.05, 0) is 57.7 Å². The van der Waals surface area contributed by atoms with E-state index < -0.39 is 11.7 Å². The number of hydrogen-bond acceptors (Lipinski definition) is 3. The topological polar surface area (TPSA) is 50.4 Å². The number of amides is 1. The van der Waals surface area contributed by atoms with Crippen molar-refractivity contribution in [2.45, 2.75) is 65.0 Å². The molecule has 2 rings (SSSR count). The largest absolute Gasteiger partial charge is 0.444 e. The lowest BCUT2D eigenvalue weighted by Gasteiger charge is -2.28. The van der Waals surface area contributed by atoms with Crippen molar-refractivity contribution in [1.29, 1.82) is 0 Å². The van der Waals surface area contributed by atoms with Gasteiger partial charge in [-0.3, -0.25) is 5.32 Å². The van der Waals surface area contributed by atoms with E-state index in [-0.39, 0.29) is 11.9 Å². The average molecular weight is 322 g/mol. The molecule has 1 aromatic carbocycles. The molecule has 23 heavy (non-hydrogen) atoms. The van der Waals surface area contributed by atoms with Crippen LogP contribution in [0.15, 0.2) is 18.2 Å². The molecule has 128 valence electrons. The van der Waals surface area contributed by atoms with Crippen molar-refractivity contribution in [2.24, 2.45) is 5.92 Å². The molecule has 1 aliphatic rings. The van der Waals surface area contributed by atoms with Gasteiger partial charge in [-0.2, -0.15) is 0 Å². The van der Waals surface area contributed by atoms with Crippen LogP contribution in [-0.2, 0) is 4.74 Å². The summed E-state index contributed by atoms with van der Waals surface area (Å²) in [5.74, 6) is 0.352. The van der Waals surface area contributed by atoms with Gasteiger partial charge >= 0.3 is 6.09 Å². The minimum atomic E-state index is -0.566. The first-order valence-corrected chi connectivity index (χ1v) is 8.29. The molecule has 0 radical (unpaired) electrons. The first-order valence-electron chi connectivity index (χ1n) is 8.29. The van der Waals surface area contributed by atoms with E-state index in [4.69, 9.17) is 4.74 Å². The van der Waals surface area contributed by atoms with Gasteiger partial charge in [0.15, 0.2) is 0 Å². The van der Waals surface area contributed by atoms with Gasteiger partial charge in [-0.25, -0.2) is 9.18 Å². The molecule has 0 bridgehead atoms. The van der Waals surface area contributed by atoms with Crippen molar-refractivity contribution in [3.05, 3.63) is 24.0 Å². The number of carbonyl (C=O) groups is 1. The molecule has 1 amide bonds. The predicted molar refractivity (Wildman–Crippen MR) is 91.3 cm³/mol. The summed E-state index contributed by atoms with van der Waals surface area (Å²) in [4.78, 5) is 11.8. The van der Waals surface area contributed by atoms with Gasteiger partial charge in [0, 0.05) is 11.7 Å². The van der Waals surface area contributed by atoms with Crippen molar-refractivity contribution in [2.75, 3.05) is 10.6 Å². The summed E-state index contributed by atoms with van der Waals surface area (Å²) in [5, 5.41) is 5.92. The van der Waals surface area contributed by atoms with E-state index in [2.05, 4.69) is 17.6 Å². The Morgan fingerprint density at radius 3 is 2.70 bits per heavy atom. The molecule has 1 aliphatic carbocycles. The summed E-state index contributed by atoms with van der Waals surface area (Å²) >= 11 is 0. The number of carbonyl (C=O) groups excluding carboxylic acids is 1. The fraction of sp³-hybridized carbons (Fsp3) is 0.611. The third kappa shape index (κ3) is 5.73. The highest BCUT2D eigenvalue weighted by molar-refractivity contribution is 5.85. The van der Waals surface area contributed by atoms with Crippen molar-refractivity contribution in [3.63, 3.8) is 0 Å². The van der Waals surface area contributed by atoms with Crippen LogP contribution in [0.1, 0.15) is 53.4 Å². The molecule has 4 nitrogen and oxygen atoms in total. The molecule has 5 heteroatoms. The zero-order valence-corrected chi connectivity index (χ0v) is 14.4. The highest BCUT2D eigenvalue weighted by Crippen LogP contribution is 2.28. The van der Waals surface area contributed by atoms with Crippen LogP contribution in [0.4, 0.5) is 20.6 Å². The predicted octanol–water partition coefficient (Wildman–Crippen LogP) is 5.16. The molecule has 0 spiro atoms. The van der Waals surface area contributed by atoms with E-state index in [9.17, 15) is 9.18 Å². The Morgan fingerprint density at radius 2 is 2.04 bits per heavy atom. The average Bonchev–Trinajstić information content (AvgIpc) is 2.40. The quantitative estimate of drug-likeness (QED) is 0.808. The van der Waals surface area contributed by atoms with E-state index in [1.807, 2.05) is 0 Å².